The number of nitrogens with one attached hydrogen (secondary N) is 2. The molecule has 1 saturated carbocycles. The molecule has 2 N–H and O–H groups in total. The van der Waals surface area contributed by atoms with E-state index >= 15 is 0 Å². The number of rotatable bonds is 2. The highest BCUT2D eigenvalue weighted by Gasteiger charge is 2.35. The highest BCUT2D eigenvalue weighted by Crippen LogP contribution is 2.35. The maximum absolute atomic E-state index is 11.3. The fraction of sp³-hybridized carbons (Fsp3) is 0.846. The summed E-state index contributed by atoms with van der Waals surface area (Å²) in [6.45, 7) is 2.49. The van der Waals surface area contributed by atoms with Gasteiger partial charge in [0.25, 0.3) is 0 Å². The number of guanidine groups is 1. The van der Waals surface area contributed by atoms with Gasteiger partial charge in [-0.15, -0.1) is 24.0 Å². The van der Waals surface area contributed by atoms with Crippen molar-refractivity contribution >= 4 is 35.8 Å². The van der Waals surface area contributed by atoms with Gasteiger partial charge in [-0.3, -0.25) is 9.79 Å². The Balaban J connectivity index is 0.00000180. The van der Waals surface area contributed by atoms with Gasteiger partial charge in [-0.05, 0) is 24.7 Å². The first-order valence-electron chi connectivity index (χ1n) is 6.90. The van der Waals surface area contributed by atoms with Crippen molar-refractivity contribution in [2.45, 2.75) is 25.7 Å². The van der Waals surface area contributed by atoms with Gasteiger partial charge in [0, 0.05) is 27.2 Å². The summed E-state index contributed by atoms with van der Waals surface area (Å²) in [5.74, 6) is 2.52. The van der Waals surface area contributed by atoms with E-state index in [9.17, 15) is 4.79 Å². The molecule has 0 aromatic heterocycles. The first kappa shape index (κ1) is 16.5. The van der Waals surface area contributed by atoms with Gasteiger partial charge in [-0.1, -0.05) is 12.8 Å². The molecule has 0 spiro atoms. The summed E-state index contributed by atoms with van der Waals surface area (Å²) < 4.78 is 0. The fourth-order valence-corrected chi connectivity index (χ4v) is 3.16. The zero-order chi connectivity index (χ0) is 13.0. The molecule has 2 atom stereocenters. The van der Waals surface area contributed by atoms with E-state index in [2.05, 4.69) is 20.5 Å². The Morgan fingerprint density at radius 2 is 1.84 bits per heavy atom. The molecule has 1 amide bonds. The summed E-state index contributed by atoms with van der Waals surface area (Å²) in [4.78, 5) is 17.8. The third-order valence-electron chi connectivity index (χ3n) is 4.17. The van der Waals surface area contributed by atoms with Gasteiger partial charge in [-0.2, -0.15) is 0 Å². The number of fused-ring (bicyclic) bond motifs is 1. The SMILES string of the molecule is CN=C(NCC(=O)NC)N1CC2CCCCC2C1.I. The second-order valence-corrected chi connectivity index (χ2v) is 5.28. The number of carbonyl (C=O) groups excluding carboxylic acids is 1. The van der Waals surface area contributed by atoms with Crippen LogP contribution in [0.1, 0.15) is 25.7 Å². The number of amides is 1. The van der Waals surface area contributed by atoms with Crippen LogP contribution in [-0.2, 0) is 4.79 Å². The summed E-state index contributed by atoms with van der Waals surface area (Å²) in [7, 11) is 3.44. The van der Waals surface area contributed by atoms with Crippen LogP contribution in [0, 0.1) is 11.8 Å². The number of aliphatic imine (C=N–C) groups is 1. The first-order valence-corrected chi connectivity index (χ1v) is 6.90. The lowest BCUT2D eigenvalue weighted by atomic mass is 9.82. The smallest absolute Gasteiger partial charge is 0.239 e. The Labute approximate surface area is 132 Å². The number of halogens is 1. The van der Waals surface area contributed by atoms with Crippen LogP contribution in [0.4, 0.5) is 0 Å². The monoisotopic (exact) mass is 380 g/mol. The van der Waals surface area contributed by atoms with Crippen LogP contribution < -0.4 is 10.6 Å². The van der Waals surface area contributed by atoms with E-state index in [1.807, 2.05) is 0 Å². The molecule has 5 nitrogen and oxygen atoms in total. The van der Waals surface area contributed by atoms with Crippen LogP contribution in [0.3, 0.4) is 0 Å². The van der Waals surface area contributed by atoms with Crippen molar-refractivity contribution in [1.29, 1.82) is 0 Å². The Morgan fingerprint density at radius 1 is 1.26 bits per heavy atom. The van der Waals surface area contributed by atoms with Crippen molar-refractivity contribution in [3.05, 3.63) is 0 Å². The zero-order valence-electron chi connectivity index (χ0n) is 11.8. The lowest BCUT2D eigenvalue weighted by molar-refractivity contribution is -0.119. The summed E-state index contributed by atoms with van der Waals surface area (Å²) >= 11 is 0. The molecule has 2 fully saturated rings. The molecule has 6 heteroatoms. The summed E-state index contributed by atoms with van der Waals surface area (Å²) in [5, 5.41) is 5.75. The molecule has 2 rings (SSSR count). The van der Waals surface area contributed by atoms with E-state index in [0.29, 0.717) is 6.54 Å². The number of hydrogen-bond acceptors (Lipinski definition) is 2. The number of hydrogen-bond donors (Lipinski definition) is 2. The number of likely N-dealkylation sites (N-methyl/N-ethyl adjacent to an activating group) is 1. The summed E-state index contributed by atoms with van der Waals surface area (Å²) in [6.07, 6.45) is 5.46. The van der Waals surface area contributed by atoms with Crippen molar-refractivity contribution < 1.29 is 4.79 Å². The highest BCUT2D eigenvalue weighted by atomic mass is 127. The number of carbonyl (C=O) groups is 1. The second-order valence-electron chi connectivity index (χ2n) is 5.28. The average molecular weight is 380 g/mol. The molecule has 0 aromatic carbocycles. The largest absolute Gasteiger partial charge is 0.358 e. The van der Waals surface area contributed by atoms with Crippen LogP contribution in [-0.4, -0.2) is 50.5 Å². The molecule has 1 aliphatic heterocycles. The van der Waals surface area contributed by atoms with Gasteiger partial charge >= 0.3 is 0 Å². The Kier molecular flexibility index (Phi) is 6.88. The molecular weight excluding hydrogens is 355 g/mol. The quantitative estimate of drug-likeness (QED) is 0.428. The van der Waals surface area contributed by atoms with Crippen LogP contribution >= 0.6 is 24.0 Å². The van der Waals surface area contributed by atoms with Gasteiger partial charge in [0.1, 0.15) is 0 Å². The van der Waals surface area contributed by atoms with Gasteiger partial charge in [0.05, 0.1) is 6.54 Å². The summed E-state index contributed by atoms with van der Waals surface area (Å²) in [5.41, 5.74) is 0. The maximum Gasteiger partial charge on any atom is 0.239 e. The minimum atomic E-state index is -0.00670. The lowest BCUT2D eigenvalue weighted by Crippen LogP contribution is -2.44. The molecule has 1 aliphatic carbocycles. The number of likely N-dealkylation sites (tertiary alicyclic amines) is 1. The van der Waals surface area contributed by atoms with E-state index in [0.717, 1.165) is 30.9 Å². The summed E-state index contributed by atoms with van der Waals surface area (Å²) in [6, 6.07) is 0. The molecule has 19 heavy (non-hydrogen) atoms. The lowest BCUT2D eigenvalue weighted by Gasteiger charge is -2.22. The predicted octanol–water partition coefficient (Wildman–Crippen LogP) is 1.05. The zero-order valence-corrected chi connectivity index (χ0v) is 14.1. The van der Waals surface area contributed by atoms with Crippen LogP contribution in [0.5, 0.6) is 0 Å². The minimum absolute atomic E-state index is 0. The molecule has 110 valence electrons. The van der Waals surface area contributed by atoms with E-state index < -0.39 is 0 Å². The van der Waals surface area contributed by atoms with Gasteiger partial charge in [-0.25, -0.2) is 0 Å². The van der Waals surface area contributed by atoms with E-state index in [1.165, 1.54) is 25.7 Å². The molecule has 2 unspecified atom stereocenters. The average Bonchev–Trinajstić information content (AvgIpc) is 2.82. The Hall–Kier alpha value is -0.530. The van der Waals surface area contributed by atoms with E-state index in [-0.39, 0.29) is 29.9 Å². The standard InChI is InChI=1S/C13H24N4O.HI/c1-14-12(18)7-16-13(15-2)17-8-10-5-3-4-6-11(10)9-17;/h10-11H,3-9H2,1-2H3,(H,14,18)(H,15,16);1H. The van der Waals surface area contributed by atoms with Gasteiger partial charge in [0.2, 0.25) is 5.91 Å². The van der Waals surface area contributed by atoms with Crippen LogP contribution in [0.2, 0.25) is 0 Å². The van der Waals surface area contributed by atoms with Crippen molar-refractivity contribution in [2.75, 3.05) is 33.7 Å². The fourth-order valence-electron chi connectivity index (χ4n) is 3.16. The van der Waals surface area contributed by atoms with Crippen LogP contribution in [0.25, 0.3) is 0 Å². The minimum Gasteiger partial charge on any atom is -0.358 e. The van der Waals surface area contributed by atoms with E-state index in [1.54, 1.807) is 14.1 Å². The molecule has 0 aromatic rings. The third-order valence-corrected chi connectivity index (χ3v) is 4.17. The number of nitrogens with zero attached hydrogens (tertiary/aromatic N) is 2. The molecule has 1 heterocycles. The van der Waals surface area contributed by atoms with Crippen LogP contribution in [0.15, 0.2) is 4.99 Å². The molecule has 0 bridgehead atoms. The molecule has 1 saturated heterocycles. The maximum atomic E-state index is 11.3. The van der Waals surface area contributed by atoms with Crippen molar-refractivity contribution in [3.63, 3.8) is 0 Å². The molecule has 0 radical (unpaired) electrons. The predicted molar refractivity (Wildman–Crippen MR) is 87.9 cm³/mol. The molecule has 2 aliphatic rings. The topological polar surface area (TPSA) is 56.7 Å². The van der Waals surface area contributed by atoms with E-state index in [4.69, 9.17) is 0 Å². The van der Waals surface area contributed by atoms with Crippen molar-refractivity contribution in [3.8, 4) is 0 Å². The Bertz CT molecular complexity index is 321. The second kappa shape index (κ2) is 7.91. The first-order chi connectivity index (χ1) is 8.74. The van der Waals surface area contributed by atoms with Crippen molar-refractivity contribution in [2.24, 2.45) is 16.8 Å². The third kappa shape index (κ3) is 4.22. The highest BCUT2D eigenvalue weighted by molar-refractivity contribution is 14.0. The normalized spacial score (nSPS) is 26.4. The van der Waals surface area contributed by atoms with Crippen molar-refractivity contribution in [1.82, 2.24) is 15.5 Å². The van der Waals surface area contributed by atoms with Gasteiger partial charge in [0.15, 0.2) is 5.96 Å². The Morgan fingerprint density at radius 3 is 2.32 bits per heavy atom. The van der Waals surface area contributed by atoms with Gasteiger partial charge < -0.3 is 15.5 Å². The molecular formula is C13H25IN4O.